The van der Waals surface area contributed by atoms with E-state index >= 15 is 0 Å². The fraction of sp³-hybridized carbons (Fsp3) is 0.600. The van der Waals surface area contributed by atoms with Crippen LogP contribution in [0.5, 0.6) is 11.5 Å². The van der Waals surface area contributed by atoms with E-state index in [4.69, 9.17) is 53.2 Å². The lowest BCUT2D eigenvalue weighted by atomic mass is 9.97. The average molecular weight is 582 g/mol. The van der Waals surface area contributed by atoms with Crippen molar-refractivity contribution >= 4 is 0 Å². The summed E-state index contributed by atoms with van der Waals surface area (Å²) in [5.41, 5.74) is 2.83. The minimum absolute atomic E-state index is 0.00878. The number of hydrogen-bond acceptors (Lipinski definition) is 11. The molecule has 0 saturated heterocycles. The van der Waals surface area contributed by atoms with Gasteiger partial charge in [-0.2, -0.15) is 0 Å². The molecule has 0 aliphatic heterocycles. The largest absolute Gasteiger partial charge is 0.491 e. The van der Waals surface area contributed by atoms with Crippen molar-refractivity contribution in [3.8, 4) is 22.6 Å². The summed E-state index contributed by atoms with van der Waals surface area (Å²) in [6.07, 6.45) is 0.590. The second-order valence-electron chi connectivity index (χ2n) is 8.51. The van der Waals surface area contributed by atoms with E-state index in [1.807, 2.05) is 36.4 Å². The molecule has 0 saturated carbocycles. The van der Waals surface area contributed by atoms with E-state index in [0.29, 0.717) is 92.3 Å². The van der Waals surface area contributed by atoms with E-state index in [1.54, 1.807) is 0 Å². The maximum Gasteiger partial charge on any atom is 0.123 e. The lowest BCUT2D eigenvalue weighted by Crippen LogP contribution is -2.14. The van der Waals surface area contributed by atoms with Crippen molar-refractivity contribution in [2.75, 3.05) is 112 Å². The van der Waals surface area contributed by atoms with Crippen molar-refractivity contribution in [3.63, 3.8) is 0 Å². The number of hydrogen-bond donors (Lipinski definition) is 3. The molecule has 0 heterocycles. The van der Waals surface area contributed by atoms with Crippen LogP contribution in [-0.2, 0) is 34.8 Å². The van der Waals surface area contributed by atoms with Crippen molar-refractivity contribution < 1.29 is 53.2 Å². The smallest absolute Gasteiger partial charge is 0.123 e. The van der Waals surface area contributed by atoms with E-state index in [2.05, 4.69) is 6.07 Å². The molecular formula is C30H45O11. The van der Waals surface area contributed by atoms with Gasteiger partial charge in [0.1, 0.15) is 24.7 Å². The molecule has 0 aliphatic rings. The van der Waals surface area contributed by atoms with Gasteiger partial charge in [0.25, 0.3) is 0 Å². The summed E-state index contributed by atoms with van der Waals surface area (Å²) >= 11 is 0. The van der Waals surface area contributed by atoms with Gasteiger partial charge in [0.15, 0.2) is 0 Å². The van der Waals surface area contributed by atoms with Crippen LogP contribution in [0.25, 0.3) is 11.1 Å². The Morgan fingerprint density at radius 3 is 1.49 bits per heavy atom. The van der Waals surface area contributed by atoms with E-state index in [-0.39, 0.29) is 26.4 Å². The van der Waals surface area contributed by atoms with Gasteiger partial charge in [-0.1, -0.05) is 18.2 Å². The van der Waals surface area contributed by atoms with Crippen LogP contribution in [-0.4, -0.2) is 128 Å². The lowest BCUT2D eigenvalue weighted by molar-refractivity contribution is -0.00782. The summed E-state index contributed by atoms with van der Waals surface area (Å²) in [7, 11) is 0. The Kier molecular flexibility index (Phi) is 20.7. The monoisotopic (exact) mass is 581 g/mol. The Bertz CT molecular complexity index is 879. The predicted octanol–water partition coefficient (Wildman–Crippen LogP) is 1.53. The van der Waals surface area contributed by atoms with Crippen LogP contribution in [0.2, 0.25) is 0 Å². The maximum absolute atomic E-state index is 9.05. The number of ether oxygens (including phenoxy) is 8. The highest BCUT2D eigenvalue weighted by molar-refractivity contribution is 5.70. The Hall–Kier alpha value is -2.32. The van der Waals surface area contributed by atoms with Crippen LogP contribution in [0.1, 0.15) is 5.56 Å². The molecule has 0 unspecified atom stereocenters. The van der Waals surface area contributed by atoms with Crippen LogP contribution in [0.3, 0.4) is 0 Å². The first-order chi connectivity index (χ1) is 20.3. The number of benzene rings is 2. The van der Waals surface area contributed by atoms with E-state index in [1.165, 1.54) is 0 Å². The highest BCUT2D eigenvalue weighted by Crippen LogP contribution is 2.32. The average Bonchev–Trinajstić information content (AvgIpc) is 3.00. The lowest BCUT2D eigenvalue weighted by Gasteiger charge is -2.16. The standard InChI is InChI=1S/C30H45O11/c31-9-13-34-12-8-29-28(26-4-6-27(7-5-26)40-24-22-36-15-11-33)2-1-3-30(29)41-25-23-39-21-20-38-19-18-37-17-16-35-14-10-32/h1,3-7,31-33H,8-25H2. The second-order valence-corrected chi connectivity index (χ2v) is 8.51. The van der Waals surface area contributed by atoms with Crippen LogP contribution in [0.15, 0.2) is 36.4 Å². The molecule has 0 amide bonds. The van der Waals surface area contributed by atoms with Crippen molar-refractivity contribution in [1.82, 2.24) is 0 Å². The minimum Gasteiger partial charge on any atom is -0.491 e. The van der Waals surface area contributed by atoms with Crippen LogP contribution < -0.4 is 9.47 Å². The molecule has 0 bridgehead atoms. The molecule has 0 aliphatic carbocycles. The van der Waals surface area contributed by atoms with Crippen molar-refractivity contribution in [2.45, 2.75) is 6.42 Å². The van der Waals surface area contributed by atoms with Crippen LogP contribution in [0, 0.1) is 6.07 Å². The molecule has 0 fully saturated rings. The molecule has 231 valence electrons. The number of aliphatic hydroxyl groups is 3. The molecule has 0 aromatic heterocycles. The van der Waals surface area contributed by atoms with Crippen molar-refractivity contribution in [2.24, 2.45) is 0 Å². The highest BCUT2D eigenvalue weighted by Gasteiger charge is 2.13. The van der Waals surface area contributed by atoms with Gasteiger partial charge in [0, 0.05) is 12.0 Å². The molecule has 1 radical (unpaired) electrons. The predicted molar refractivity (Wildman–Crippen MR) is 152 cm³/mol. The first-order valence-electron chi connectivity index (χ1n) is 14.0. The molecule has 11 heteroatoms. The van der Waals surface area contributed by atoms with Crippen LogP contribution >= 0.6 is 0 Å². The minimum atomic E-state index is -0.0297. The van der Waals surface area contributed by atoms with Gasteiger partial charge in [-0.05, 0) is 35.4 Å². The van der Waals surface area contributed by atoms with Gasteiger partial charge in [-0.3, -0.25) is 0 Å². The summed E-state index contributed by atoms with van der Waals surface area (Å²) in [6, 6.07) is 14.8. The number of aliphatic hydroxyl groups excluding tert-OH is 3. The molecule has 2 aromatic rings. The molecule has 0 spiro atoms. The third kappa shape index (κ3) is 16.0. The normalized spacial score (nSPS) is 11.2. The summed E-state index contributed by atoms with van der Waals surface area (Å²) in [5.74, 6) is 1.45. The number of rotatable bonds is 27. The third-order valence-corrected chi connectivity index (χ3v) is 5.51. The van der Waals surface area contributed by atoms with Gasteiger partial charge < -0.3 is 53.2 Å². The quantitative estimate of drug-likeness (QED) is 0.133. The summed E-state index contributed by atoms with van der Waals surface area (Å²) in [4.78, 5) is 0. The SMILES string of the molecule is OCCOCCOCCOCCOCCOc1cc[c]c(-c2ccc(OCCOCCO)cc2)c1CCOCCO. The summed E-state index contributed by atoms with van der Waals surface area (Å²) in [5, 5.41) is 26.4. The van der Waals surface area contributed by atoms with Gasteiger partial charge in [-0.25, -0.2) is 0 Å². The highest BCUT2D eigenvalue weighted by atomic mass is 16.6. The Morgan fingerprint density at radius 1 is 0.488 bits per heavy atom. The first kappa shape index (κ1) is 34.9. The van der Waals surface area contributed by atoms with Crippen molar-refractivity contribution in [1.29, 1.82) is 0 Å². The van der Waals surface area contributed by atoms with E-state index < -0.39 is 0 Å². The fourth-order valence-electron chi connectivity index (χ4n) is 3.63. The maximum atomic E-state index is 9.05. The fourth-order valence-corrected chi connectivity index (χ4v) is 3.63. The Balaban J connectivity index is 1.79. The molecule has 11 nitrogen and oxygen atoms in total. The zero-order chi connectivity index (χ0) is 29.2. The van der Waals surface area contributed by atoms with Crippen LogP contribution in [0.4, 0.5) is 0 Å². The van der Waals surface area contributed by atoms with Gasteiger partial charge >= 0.3 is 0 Å². The molecule has 0 atom stereocenters. The summed E-state index contributed by atoms with van der Waals surface area (Å²) < 4.78 is 44.1. The molecule has 41 heavy (non-hydrogen) atoms. The second kappa shape index (κ2) is 24.3. The van der Waals surface area contributed by atoms with Gasteiger partial charge in [0.2, 0.25) is 0 Å². The topological polar surface area (TPSA) is 135 Å². The molecule has 3 N–H and O–H groups in total. The first-order valence-corrected chi connectivity index (χ1v) is 14.0. The molecule has 2 aromatic carbocycles. The zero-order valence-corrected chi connectivity index (χ0v) is 23.8. The zero-order valence-electron chi connectivity index (χ0n) is 23.8. The Labute approximate surface area is 242 Å². The van der Waals surface area contributed by atoms with Gasteiger partial charge in [0.05, 0.1) is 99.1 Å². The van der Waals surface area contributed by atoms with E-state index in [0.717, 1.165) is 28.2 Å². The Morgan fingerprint density at radius 2 is 0.951 bits per heavy atom. The third-order valence-electron chi connectivity index (χ3n) is 5.51. The molecule has 2 rings (SSSR count). The van der Waals surface area contributed by atoms with Crippen molar-refractivity contribution in [3.05, 3.63) is 48.0 Å². The summed E-state index contributed by atoms with van der Waals surface area (Å²) in [6.45, 7) is 5.64. The molecular weight excluding hydrogens is 536 g/mol. The van der Waals surface area contributed by atoms with E-state index in [9.17, 15) is 0 Å². The van der Waals surface area contributed by atoms with Gasteiger partial charge in [-0.15, -0.1) is 0 Å².